The zero-order valence-electron chi connectivity index (χ0n) is 14.2. The summed E-state index contributed by atoms with van der Waals surface area (Å²) in [5.74, 6) is -0.927. The Balaban J connectivity index is 1.71. The molecule has 1 N–H and O–H groups in total. The molecule has 2 bridgehead atoms. The average molecular weight is 345 g/mol. The number of likely N-dealkylation sites (N-methyl/N-ethyl adjacent to an activating group) is 1. The van der Waals surface area contributed by atoms with Crippen LogP contribution in [0.2, 0.25) is 0 Å². The molecule has 2 aromatic rings. The Hall–Kier alpha value is -2.41. The topological polar surface area (TPSA) is 65.6 Å². The Kier molecular flexibility index (Phi) is 3.76. The van der Waals surface area contributed by atoms with E-state index in [4.69, 9.17) is 4.74 Å². The molecule has 0 spiro atoms. The maximum Gasteiger partial charge on any atom is 0.270 e. The summed E-state index contributed by atoms with van der Waals surface area (Å²) in [6.07, 6.45) is 0. The van der Waals surface area contributed by atoms with Gasteiger partial charge in [0.05, 0.1) is 30.7 Å². The fraction of sp³-hybridized carbons (Fsp3) is 0.444. The van der Waals surface area contributed by atoms with Gasteiger partial charge in [-0.05, 0) is 18.6 Å². The molecular weight excluding hydrogens is 325 g/mol. The van der Waals surface area contributed by atoms with E-state index in [1.54, 1.807) is 29.0 Å². The Morgan fingerprint density at radius 1 is 1.32 bits per heavy atom. The number of aromatic amines is 1. The van der Waals surface area contributed by atoms with E-state index >= 15 is 0 Å². The van der Waals surface area contributed by atoms with Gasteiger partial charge in [0.15, 0.2) is 0 Å². The molecule has 4 rings (SSSR count). The zero-order chi connectivity index (χ0) is 17.7. The molecule has 2 saturated heterocycles. The smallest absolute Gasteiger partial charge is 0.270 e. The van der Waals surface area contributed by atoms with Gasteiger partial charge in [-0.1, -0.05) is 12.1 Å². The molecule has 7 heteroatoms. The lowest BCUT2D eigenvalue weighted by molar-refractivity contribution is -0.133. The number of aromatic nitrogens is 1. The summed E-state index contributed by atoms with van der Waals surface area (Å²) in [6, 6.07) is 4.64. The molecular formula is C18H20FN3O3. The molecule has 2 aliphatic rings. The number of hydrogen-bond donors (Lipinski definition) is 1. The number of fused-ring (bicyclic) bond motifs is 4. The quantitative estimate of drug-likeness (QED) is 0.853. The highest BCUT2D eigenvalue weighted by atomic mass is 19.1. The molecule has 0 radical (unpaired) electrons. The maximum absolute atomic E-state index is 14.0. The third kappa shape index (κ3) is 2.50. The zero-order valence-corrected chi connectivity index (χ0v) is 14.2. The minimum Gasteiger partial charge on any atom is -0.378 e. The van der Waals surface area contributed by atoms with E-state index in [1.807, 2.05) is 6.92 Å². The number of aryl methyl sites for hydroxylation is 1. The van der Waals surface area contributed by atoms with Gasteiger partial charge in [0.25, 0.3) is 5.91 Å². The minimum atomic E-state index is -0.379. The number of ether oxygens (including phenoxy) is 1. The minimum absolute atomic E-state index is 0.0113. The van der Waals surface area contributed by atoms with Crippen molar-refractivity contribution in [2.75, 3.05) is 33.4 Å². The standard InChI is InChI=1S/C18H20FN3O3/c1-10-13-4-3-5-14(19)16(13)20-15(10)18(24)22-6-11-8-25-9-12(7-22)21(2)17(11)23/h3-5,11-12,20H,6-9H2,1-2H3/t11-,12+/m1/s1. The lowest BCUT2D eigenvalue weighted by Gasteiger charge is -2.29. The third-order valence-electron chi connectivity index (χ3n) is 5.29. The lowest BCUT2D eigenvalue weighted by Crippen LogP contribution is -2.45. The van der Waals surface area contributed by atoms with E-state index < -0.39 is 0 Å². The number of amides is 2. The normalized spacial score (nSPS) is 23.9. The van der Waals surface area contributed by atoms with Crippen LogP contribution in [-0.4, -0.2) is 66.0 Å². The molecule has 0 saturated carbocycles. The van der Waals surface area contributed by atoms with Gasteiger partial charge in [0, 0.05) is 25.5 Å². The van der Waals surface area contributed by atoms with Crippen LogP contribution in [0.25, 0.3) is 10.9 Å². The van der Waals surface area contributed by atoms with Crippen molar-refractivity contribution in [2.24, 2.45) is 5.92 Å². The second kappa shape index (κ2) is 5.84. The van der Waals surface area contributed by atoms with Crippen molar-refractivity contribution in [3.8, 4) is 0 Å². The number of carbonyl (C=O) groups is 2. The van der Waals surface area contributed by atoms with Crippen LogP contribution in [-0.2, 0) is 9.53 Å². The summed E-state index contributed by atoms with van der Waals surface area (Å²) >= 11 is 0. The Morgan fingerprint density at radius 3 is 2.88 bits per heavy atom. The van der Waals surface area contributed by atoms with E-state index in [1.165, 1.54) is 6.07 Å². The molecule has 2 aliphatic heterocycles. The average Bonchev–Trinajstić information content (AvgIpc) is 2.79. The molecule has 25 heavy (non-hydrogen) atoms. The van der Waals surface area contributed by atoms with Crippen molar-refractivity contribution in [1.29, 1.82) is 0 Å². The highest BCUT2D eigenvalue weighted by Crippen LogP contribution is 2.27. The number of rotatable bonds is 1. The van der Waals surface area contributed by atoms with Crippen LogP contribution in [0.5, 0.6) is 0 Å². The largest absolute Gasteiger partial charge is 0.378 e. The van der Waals surface area contributed by atoms with Crippen molar-refractivity contribution in [3.05, 3.63) is 35.3 Å². The summed E-state index contributed by atoms with van der Waals surface area (Å²) in [6.45, 7) is 3.28. The molecule has 1 aromatic heterocycles. The highest BCUT2D eigenvalue weighted by molar-refractivity contribution is 6.01. The monoisotopic (exact) mass is 345 g/mol. The summed E-state index contributed by atoms with van der Waals surface area (Å²) in [7, 11) is 1.76. The highest BCUT2D eigenvalue weighted by Gasteiger charge is 2.39. The fourth-order valence-corrected chi connectivity index (χ4v) is 3.75. The predicted octanol–water partition coefficient (Wildman–Crippen LogP) is 1.54. The number of para-hydroxylation sites is 1. The predicted molar refractivity (Wildman–Crippen MR) is 89.8 cm³/mol. The summed E-state index contributed by atoms with van der Waals surface area (Å²) in [5, 5.41) is 0.704. The molecule has 3 heterocycles. The second-order valence-electron chi connectivity index (χ2n) is 6.83. The van der Waals surface area contributed by atoms with Gasteiger partial charge in [0.2, 0.25) is 5.91 Å². The van der Waals surface area contributed by atoms with Gasteiger partial charge >= 0.3 is 0 Å². The molecule has 0 unspecified atom stereocenters. The second-order valence-corrected chi connectivity index (χ2v) is 6.83. The summed E-state index contributed by atoms with van der Waals surface area (Å²) < 4.78 is 19.6. The first-order chi connectivity index (χ1) is 12.0. The van der Waals surface area contributed by atoms with Gasteiger partial charge in [0.1, 0.15) is 11.5 Å². The van der Waals surface area contributed by atoms with Gasteiger partial charge in [-0.3, -0.25) is 9.59 Å². The van der Waals surface area contributed by atoms with Crippen LogP contribution in [0.1, 0.15) is 16.1 Å². The molecule has 132 valence electrons. The van der Waals surface area contributed by atoms with Crippen molar-refractivity contribution in [2.45, 2.75) is 13.0 Å². The van der Waals surface area contributed by atoms with Gasteiger partial charge < -0.3 is 19.5 Å². The molecule has 2 amide bonds. The third-order valence-corrected chi connectivity index (χ3v) is 5.29. The van der Waals surface area contributed by atoms with E-state index in [0.29, 0.717) is 42.9 Å². The van der Waals surface area contributed by atoms with Crippen LogP contribution in [0.15, 0.2) is 18.2 Å². The van der Waals surface area contributed by atoms with Gasteiger partial charge in [-0.15, -0.1) is 0 Å². The first-order valence-corrected chi connectivity index (χ1v) is 8.38. The lowest BCUT2D eigenvalue weighted by atomic mass is 10.1. The molecule has 0 aliphatic carbocycles. The van der Waals surface area contributed by atoms with Crippen LogP contribution in [0.4, 0.5) is 4.39 Å². The number of hydrogen-bond acceptors (Lipinski definition) is 3. The van der Waals surface area contributed by atoms with E-state index in [2.05, 4.69) is 4.98 Å². The van der Waals surface area contributed by atoms with E-state index in [9.17, 15) is 14.0 Å². The van der Waals surface area contributed by atoms with Crippen LogP contribution in [0.3, 0.4) is 0 Å². The Morgan fingerprint density at radius 2 is 2.12 bits per heavy atom. The van der Waals surface area contributed by atoms with Crippen LogP contribution in [0, 0.1) is 18.7 Å². The van der Waals surface area contributed by atoms with Crippen molar-refractivity contribution < 1.29 is 18.7 Å². The molecule has 1 aromatic carbocycles. The van der Waals surface area contributed by atoms with Gasteiger partial charge in [-0.25, -0.2) is 4.39 Å². The first kappa shape index (κ1) is 16.1. The Labute approximate surface area is 144 Å². The van der Waals surface area contributed by atoms with E-state index in [0.717, 1.165) is 5.56 Å². The molecule has 6 nitrogen and oxygen atoms in total. The SMILES string of the molecule is Cc1c(C(=O)N2C[C@@H]3COC[C@H](C2)N(C)C3=O)[nH]c2c(F)cccc12. The van der Waals surface area contributed by atoms with Crippen molar-refractivity contribution in [3.63, 3.8) is 0 Å². The molecule has 2 fully saturated rings. The van der Waals surface area contributed by atoms with Gasteiger partial charge in [-0.2, -0.15) is 0 Å². The number of benzene rings is 1. The first-order valence-electron chi connectivity index (χ1n) is 8.38. The molecule has 2 atom stereocenters. The number of nitrogens with zero attached hydrogens (tertiary/aromatic N) is 2. The summed E-state index contributed by atoms with van der Waals surface area (Å²) in [4.78, 5) is 31.8. The Bertz CT molecular complexity index is 863. The number of halogens is 1. The fourth-order valence-electron chi connectivity index (χ4n) is 3.75. The number of carbonyl (C=O) groups excluding carboxylic acids is 2. The van der Waals surface area contributed by atoms with E-state index in [-0.39, 0.29) is 29.6 Å². The van der Waals surface area contributed by atoms with Crippen molar-refractivity contribution in [1.82, 2.24) is 14.8 Å². The van der Waals surface area contributed by atoms with Crippen molar-refractivity contribution >= 4 is 22.7 Å². The maximum atomic E-state index is 14.0. The summed E-state index contributed by atoms with van der Waals surface area (Å²) in [5.41, 5.74) is 1.45. The van der Waals surface area contributed by atoms with Crippen LogP contribution >= 0.6 is 0 Å². The number of nitrogens with one attached hydrogen (secondary N) is 1. The van der Waals surface area contributed by atoms with Crippen LogP contribution < -0.4 is 0 Å². The number of H-pyrrole nitrogens is 1.